The molecule has 0 atom stereocenters. The van der Waals surface area contributed by atoms with Gasteiger partial charge in [-0.25, -0.2) is 9.37 Å². The van der Waals surface area contributed by atoms with Gasteiger partial charge in [-0.3, -0.25) is 9.48 Å². The maximum absolute atomic E-state index is 13.4. The third-order valence-electron chi connectivity index (χ3n) is 4.79. The molecule has 0 aliphatic rings. The molecule has 2 aromatic carbocycles. The van der Waals surface area contributed by atoms with Crippen molar-refractivity contribution in [1.82, 2.24) is 24.6 Å². The summed E-state index contributed by atoms with van der Waals surface area (Å²) in [6.45, 7) is 3.23. The number of benzene rings is 2. The van der Waals surface area contributed by atoms with Crippen LogP contribution in [0, 0.1) is 5.82 Å². The predicted molar refractivity (Wildman–Crippen MR) is 113 cm³/mol. The van der Waals surface area contributed by atoms with Crippen molar-refractivity contribution < 1.29 is 9.18 Å². The van der Waals surface area contributed by atoms with Gasteiger partial charge in [-0.1, -0.05) is 18.2 Å². The van der Waals surface area contributed by atoms with Gasteiger partial charge in [0.15, 0.2) is 0 Å². The van der Waals surface area contributed by atoms with Gasteiger partial charge in [0.25, 0.3) is 0 Å². The van der Waals surface area contributed by atoms with Gasteiger partial charge in [-0.2, -0.15) is 5.10 Å². The first-order valence-electron chi connectivity index (χ1n) is 9.72. The Morgan fingerprint density at radius 1 is 1.10 bits per heavy atom. The van der Waals surface area contributed by atoms with Gasteiger partial charge in [0.2, 0.25) is 5.91 Å². The monoisotopic (exact) mass is 403 g/mol. The summed E-state index contributed by atoms with van der Waals surface area (Å²) in [7, 11) is 0. The molecule has 0 radical (unpaired) electrons. The van der Waals surface area contributed by atoms with Crippen LogP contribution in [-0.4, -0.2) is 31.8 Å². The number of carbonyl (C=O) groups excluding carboxylic acids is 1. The highest BCUT2D eigenvalue weighted by Gasteiger charge is 2.16. The fraction of sp³-hybridized carbons (Fsp3) is 0.174. The van der Waals surface area contributed by atoms with Crippen molar-refractivity contribution in [3.05, 3.63) is 84.7 Å². The number of hydrogen-bond donors (Lipinski definition) is 1. The summed E-state index contributed by atoms with van der Waals surface area (Å²) in [5, 5.41) is 7.10. The van der Waals surface area contributed by atoms with Crippen molar-refractivity contribution in [3.63, 3.8) is 0 Å². The first-order valence-corrected chi connectivity index (χ1v) is 9.72. The zero-order valence-corrected chi connectivity index (χ0v) is 16.6. The number of imidazole rings is 1. The lowest BCUT2D eigenvalue weighted by molar-refractivity contribution is -0.118. The number of amides is 1. The van der Waals surface area contributed by atoms with Crippen LogP contribution in [0.25, 0.3) is 22.5 Å². The number of rotatable bonds is 7. The summed E-state index contributed by atoms with van der Waals surface area (Å²) in [5.41, 5.74) is 4.64. The lowest BCUT2D eigenvalue weighted by Gasteiger charge is -2.12. The maximum Gasteiger partial charge on any atom is 0.216 e. The molecule has 0 aliphatic carbocycles. The number of aromatic nitrogens is 4. The van der Waals surface area contributed by atoms with Crippen LogP contribution in [0.1, 0.15) is 12.5 Å². The molecule has 0 aliphatic heterocycles. The van der Waals surface area contributed by atoms with Crippen molar-refractivity contribution >= 4 is 5.91 Å². The second-order valence-electron chi connectivity index (χ2n) is 7.03. The Morgan fingerprint density at radius 3 is 2.67 bits per heavy atom. The minimum Gasteiger partial charge on any atom is -0.355 e. The van der Waals surface area contributed by atoms with E-state index in [0.717, 1.165) is 28.1 Å². The Labute approximate surface area is 174 Å². The van der Waals surface area contributed by atoms with Gasteiger partial charge < -0.3 is 9.88 Å². The molecule has 1 N–H and O–H groups in total. The molecule has 1 amide bonds. The van der Waals surface area contributed by atoms with E-state index in [9.17, 15) is 9.18 Å². The van der Waals surface area contributed by atoms with Crippen molar-refractivity contribution in [2.45, 2.75) is 20.0 Å². The number of carbonyl (C=O) groups is 1. The Hall–Kier alpha value is -3.74. The Kier molecular flexibility index (Phi) is 5.70. The van der Waals surface area contributed by atoms with Gasteiger partial charge in [0, 0.05) is 43.5 Å². The van der Waals surface area contributed by atoms with Crippen LogP contribution < -0.4 is 5.32 Å². The van der Waals surface area contributed by atoms with Crippen LogP contribution in [0.15, 0.2) is 73.3 Å². The van der Waals surface area contributed by atoms with Crippen LogP contribution in [0.5, 0.6) is 0 Å². The molecule has 6 nitrogen and oxygen atoms in total. The van der Waals surface area contributed by atoms with Gasteiger partial charge in [0.05, 0.1) is 24.3 Å². The summed E-state index contributed by atoms with van der Waals surface area (Å²) in [4.78, 5) is 15.9. The molecule has 0 unspecified atom stereocenters. The summed E-state index contributed by atoms with van der Waals surface area (Å²) >= 11 is 0. The van der Waals surface area contributed by atoms with Crippen LogP contribution in [0.3, 0.4) is 0 Å². The Morgan fingerprint density at radius 2 is 1.93 bits per heavy atom. The van der Waals surface area contributed by atoms with Crippen molar-refractivity contribution in [1.29, 1.82) is 0 Å². The minimum atomic E-state index is -0.286. The molecule has 30 heavy (non-hydrogen) atoms. The van der Waals surface area contributed by atoms with Gasteiger partial charge >= 0.3 is 0 Å². The van der Waals surface area contributed by atoms with E-state index in [4.69, 9.17) is 0 Å². The van der Waals surface area contributed by atoms with Crippen molar-refractivity contribution in [2.24, 2.45) is 0 Å². The zero-order valence-electron chi connectivity index (χ0n) is 16.6. The molecule has 0 fully saturated rings. The topological polar surface area (TPSA) is 64.7 Å². The predicted octanol–water partition coefficient (Wildman–Crippen LogP) is 3.74. The van der Waals surface area contributed by atoms with Gasteiger partial charge in [-0.05, 0) is 42.0 Å². The van der Waals surface area contributed by atoms with Gasteiger partial charge in [0.1, 0.15) is 5.82 Å². The third-order valence-corrected chi connectivity index (χ3v) is 4.79. The average Bonchev–Trinajstić information content (AvgIpc) is 3.39. The fourth-order valence-electron chi connectivity index (χ4n) is 3.42. The maximum atomic E-state index is 13.4. The Balaban J connectivity index is 1.73. The van der Waals surface area contributed by atoms with Crippen LogP contribution >= 0.6 is 0 Å². The Bertz CT molecular complexity index is 1130. The minimum absolute atomic E-state index is 0.0726. The van der Waals surface area contributed by atoms with Crippen molar-refractivity contribution in [2.75, 3.05) is 6.54 Å². The quantitative estimate of drug-likeness (QED) is 0.511. The third kappa shape index (κ3) is 4.46. The van der Waals surface area contributed by atoms with Crippen LogP contribution in [0.4, 0.5) is 4.39 Å². The zero-order chi connectivity index (χ0) is 20.9. The molecule has 2 heterocycles. The molecule has 4 aromatic rings. The SMILES string of the molecule is CC(=O)NCCn1cnc(-c2ccc(F)cc2)c1-c1cccc(Cn2cccn2)c1. The highest BCUT2D eigenvalue weighted by Crippen LogP contribution is 2.32. The number of nitrogens with zero attached hydrogens (tertiary/aromatic N) is 4. The molecular weight excluding hydrogens is 381 g/mol. The van der Waals surface area contributed by atoms with E-state index in [0.29, 0.717) is 19.6 Å². The summed E-state index contributed by atoms with van der Waals surface area (Å²) in [6.07, 6.45) is 5.44. The van der Waals surface area contributed by atoms with E-state index >= 15 is 0 Å². The largest absolute Gasteiger partial charge is 0.355 e. The number of halogens is 1. The van der Waals surface area contributed by atoms with Gasteiger partial charge in [-0.15, -0.1) is 0 Å². The first-order chi connectivity index (χ1) is 14.6. The lowest BCUT2D eigenvalue weighted by Crippen LogP contribution is -2.24. The molecule has 152 valence electrons. The van der Waals surface area contributed by atoms with E-state index in [2.05, 4.69) is 27.5 Å². The van der Waals surface area contributed by atoms with Crippen LogP contribution in [0.2, 0.25) is 0 Å². The summed E-state index contributed by atoms with van der Waals surface area (Å²) in [5.74, 6) is -0.358. The molecule has 4 rings (SSSR count). The fourth-order valence-corrected chi connectivity index (χ4v) is 3.42. The standard InChI is InChI=1S/C23H22FN5O/c1-17(30)25-11-13-28-16-26-22(19-6-8-21(24)9-7-19)23(28)20-5-2-4-18(14-20)15-29-12-3-10-27-29/h2-10,12,14,16H,11,13,15H2,1H3,(H,25,30). The van der Waals surface area contributed by atoms with Crippen molar-refractivity contribution in [3.8, 4) is 22.5 Å². The highest BCUT2D eigenvalue weighted by atomic mass is 19.1. The molecule has 7 heteroatoms. The van der Waals surface area contributed by atoms with Crippen LogP contribution in [-0.2, 0) is 17.9 Å². The smallest absolute Gasteiger partial charge is 0.216 e. The number of nitrogens with one attached hydrogen (secondary N) is 1. The second kappa shape index (κ2) is 8.73. The van der Waals surface area contributed by atoms with E-state index in [1.54, 1.807) is 24.7 Å². The molecule has 0 bridgehead atoms. The van der Waals surface area contributed by atoms with E-state index < -0.39 is 0 Å². The normalized spacial score (nSPS) is 10.9. The molecule has 2 aromatic heterocycles. The molecule has 0 spiro atoms. The first kappa shape index (κ1) is 19.6. The second-order valence-corrected chi connectivity index (χ2v) is 7.03. The van der Waals surface area contributed by atoms with E-state index in [1.165, 1.54) is 19.1 Å². The van der Waals surface area contributed by atoms with E-state index in [-0.39, 0.29) is 11.7 Å². The average molecular weight is 403 g/mol. The number of hydrogen-bond acceptors (Lipinski definition) is 3. The molecule has 0 saturated heterocycles. The lowest BCUT2D eigenvalue weighted by atomic mass is 10.0. The summed E-state index contributed by atoms with van der Waals surface area (Å²) in [6, 6.07) is 16.4. The summed E-state index contributed by atoms with van der Waals surface area (Å²) < 4.78 is 17.3. The van der Waals surface area contributed by atoms with E-state index in [1.807, 2.05) is 33.6 Å². The molecule has 0 saturated carbocycles. The highest BCUT2D eigenvalue weighted by molar-refractivity contribution is 5.79. The molecular formula is C23H22FN5O.